The monoisotopic (exact) mass is 448 g/mol. The van der Waals surface area contributed by atoms with E-state index in [0.717, 1.165) is 56.6 Å². The van der Waals surface area contributed by atoms with Gasteiger partial charge in [0, 0.05) is 43.7 Å². The molecule has 2 aromatic carbocycles. The summed E-state index contributed by atoms with van der Waals surface area (Å²) in [6, 6.07) is 15.7. The average Bonchev–Trinajstić information content (AvgIpc) is 3.41. The third-order valence-corrected chi connectivity index (χ3v) is 7.54. The zero-order valence-electron chi connectivity index (χ0n) is 19.2. The van der Waals surface area contributed by atoms with E-state index in [1.165, 1.54) is 5.56 Å². The Balaban J connectivity index is 1.11. The highest BCUT2D eigenvalue weighted by atomic mass is 16.5. The minimum absolute atomic E-state index is 0.0436. The van der Waals surface area contributed by atoms with Crippen molar-refractivity contribution in [3.05, 3.63) is 65.2 Å². The molecule has 5 rings (SSSR count). The Hall–Kier alpha value is -2.70. The second-order valence-corrected chi connectivity index (χ2v) is 9.56. The normalized spacial score (nSPS) is 24.1. The van der Waals surface area contributed by atoms with Crippen molar-refractivity contribution in [2.45, 2.75) is 56.3 Å². The molecule has 1 aliphatic carbocycles. The van der Waals surface area contributed by atoms with Gasteiger partial charge in [0.2, 0.25) is 5.91 Å². The summed E-state index contributed by atoms with van der Waals surface area (Å²) in [5.41, 5.74) is 2.69. The largest absolute Gasteiger partial charge is 0.496 e. The van der Waals surface area contributed by atoms with Gasteiger partial charge in [-0.05, 0) is 37.3 Å². The van der Waals surface area contributed by atoms with E-state index in [1.54, 1.807) is 7.11 Å². The van der Waals surface area contributed by atoms with Crippen LogP contribution in [0, 0.1) is 0 Å². The Morgan fingerprint density at radius 1 is 1.12 bits per heavy atom. The van der Waals surface area contributed by atoms with Gasteiger partial charge < -0.3 is 14.8 Å². The lowest BCUT2D eigenvalue weighted by atomic mass is 9.88. The Morgan fingerprint density at radius 2 is 1.88 bits per heavy atom. The number of hydrogen-bond acceptors (Lipinski definition) is 5. The quantitative estimate of drug-likeness (QED) is 0.730. The summed E-state index contributed by atoms with van der Waals surface area (Å²) in [6.45, 7) is 3.40. The molecule has 6 nitrogen and oxygen atoms in total. The number of carbonyl (C=O) groups excluding carboxylic acids is 2. The molecule has 2 fully saturated rings. The Morgan fingerprint density at radius 3 is 2.70 bits per heavy atom. The minimum atomic E-state index is -0.373. The number of ether oxygens (including phenoxy) is 2. The first kappa shape index (κ1) is 22.1. The highest BCUT2D eigenvalue weighted by Gasteiger charge is 2.43. The number of para-hydroxylation sites is 1. The van der Waals surface area contributed by atoms with Gasteiger partial charge in [-0.1, -0.05) is 42.5 Å². The molecule has 2 heterocycles. The third kappa shape index (κ3) is 4.55. The van der Waals surface area contributed by atoms with E-state index in [1.807, 2.05) is 36.4 Å². The van der Waals surface area contributed by atoms with Crippen LogP contribution >= 0.6 is 0 Å². The number of benzene rings is 2. The molecule has 0 radical (unpaired) electrons. The predicted octanol–water partition coefficient (Wildman–Crippen LogP) is 3.70. The Bertz CT molecular complexity index is 1030. The summed E-state index contributed by atoms with van der Waals surface area (Å²) in [7, 11) is 1.72. The van der Waals surface area contributed by atoms with Gasteiger partial charge in [0.05, 0.1) is 24.7 Å². The number of Topliss-reactive ketones (excluding diaryl/α,β-unsaturated/α-hetero) is 1. The second kappa shape index (κ2) is 9.27. The molecular weight excluding hydrogens is 416 g/mol. The number of nitrogens with one attached hydrogen (secondary N) is 1. The topological polar surface area (TPSA) is 67.9 Å². The summed E-state index contributed by atoms with van der Waals surface area (Å²) >= 11 is 0. The van der Waals surface area contributed by atoms with E-state index in [4.69, 9.17) is 9.47 Å². The maximum atomic E-state index is 12.8. The number of methoxy groups -OCH3 is 1. The van der Waals surface area contributed by atoms with Crippen LogP contribution in [0.5, 0.6) is 5.75 Å². The molecule has 0 bridgehead atoms. The standard InChI is InChI=1S/C27H32N2O4/c1-32-25-9-5-2-6-19(25)18-29-14-12-27(13-15-29)11-10-20(33-27)17-28-26(31)23-16-24(30)22-8-4-3-7-21(22)23/h2-9,20,23H,10-18H2,1H3,(H,28,31)/t20-,23-/m1/s1. The van der Waals surface area contributed by atoms with Crippen LogP contribution in [0.15, 0.2) is 48.5 Å². The Labute approximate surface area is 195 Å². The van der Waals surface area contributed by atoms with Crippen LogP contribution in [0.2, 0.25) is 0 Å². The molecule has 174 valence electrons. The number of piperidine rings is 1. The lowest BCUT2D eigenvalue weighted by molar-refractivity contribution is -0.124. The fourth-order valence-corrected chi connectivity index (χ4v) is 5.63. The Kier molecular flexibility index (Phi) is 6.21. The number of nitrogens with zero attached hydrogens (tertiary/aromatic N) is 1. The maximum Gasteiger partial charge on any atom is 0.228 e. The summed E-state index contributed by atoms with van der Waals surface area (Å²) in [6.07, 6.45) is 4.34. The molecule has 1 amide bonds. The van der Waals surface area contributed by atoms with Crippen LogP contribution in [0.1, 0.15) is 59.5 Å². The number of rotatable bonds is 6. The van der Waals surface area contributed by atoms with Crippen molar-refractivity contribution in [3.8, 4) is 5.75 Å². The highest BCUT2D eigenvalue weighted by Crippen LogP contribution is 2.39. The molecule has 0 aromatic heterocycles. The van der Waals surface area contributed by atoms with Gasteiger partial charge in [-0.25, -0.2) is 0 Å². The smallest absolute Gasteiger partial charge is 0.228 e. The van der Waals surface area contributed by atoms with Crippen LogP contribution in [0.4, 0.5) is 0 Å². The van der Waals surface area contributed by atoms with Crippen molar-refractivity contribution in [2.24, 2.45) is 0 Å². The second-order valence-electron chi connectivity index (χ2n) is 9.56. The average molecular weight is 449 g/mol. The number of fused-ring (bicyclic) bond motifs is 1. The van der Waals surface area contributed by atoms with E-state index >= 15 is 0 Å². The van der Waals surface area contributed by atoms with Crippen molar-refractivity contribution in [1.29, 1.82) is 0 Å². The molecule has 1 spiro atoms. The fraction of sp³-hybridized carbons (Fsp3) is 0.481. The molecule has 2 saturated heterocycles. The summed E-state index contributed by atoms with van der Waals surface area (Å²) in [5.74, 6) is 0.561. The maximum absolute atomic E-state index is 12.8. The van der Waals surface area contributed by atoms with E-state index in [0.29, 0.717) is 12.1 Å². The van der Waals surface area contributed by atoms with Crippen molar-refractivity contribution in [1.82, 2.24) is 10.2 Å². The SMILES string of the molecule is COc1ccccc1CN1CCC2(CC[C@H](CNC(=O)[C@@H]3CC(=O)c4ccccc43)O2)CC1. The van der Waals surface area contributed by atoms with Gasteiger partial charge >= 0.3 is 0 Å². The van der Waals surface area contributed by atoms with Gasteiger partial charge in [-0.2, -0.15) is 0 Å². The molecule has 0 saturated carbocycles. The number of hydrogen-bond donors (Lipinski definition) is 1. The van der Waals surface area contributed by atoms with Crippen LogP contribution < -0.4 is 10.1 Å². The van der Waals surface area contributed by atoms with Crippen LogP contribution in [-0.2, 0) is 16.1 Å². The first-order chi connectivity index (χ1) is 16.1. The summed E-state index contributed by atoms with van der Waals surface area (Å²) < 4.78 is 12.0. The molecule has 2 aliphatic heterocycles. The number of likely N-dealkylation sites (tertiary alicyclic amines) is 1. The fourth-order valence-electron chi connectivity index (χ4n) is 5.63. The molecule has 33 heavy (non-hydrogen) atoms. The van der Waals surface area contributed by atoms with E-state index in [2.05, 4.69) is 22.3 Å². The van der Waals surface area contributed by atoms with Crippen LogP contribution in [0.3, 0.4) is 0 Å². The van der Waals surface area contributed by atoms with Crippen molar-refractivity contribution in [2.75, 3.05) is 26.7 Å². The predicted molar refractivity (Wildman–Crippen MR) is 125 cm³/mol. The van der Waals surface area contributed by atoms with E-state index in [-0.39, 0.29) is 35.7 Å². The molecule has 0 unspecified atom stereocenters. The molecule has 2 aromatic rings. The lowest BCUT2D eigenvalue weighted by Gasteiger charge is -2.39. The summed E-state index contributed by atoms with van der Waals surface area (Å²) in [5, 5.41) is 3.06. The molecular formula is C27H32N2O4. The molecule has 1 N–H and O–H groups in total. The molecule has 6 heteroatoms. The van der Waals surface area contributed by atoms with Gasteiger partial charge in [0.15, 0.2) is 5.78 Å². The number of amides is 1. The lowest BCUT2D eigenvalue weighted by Crippen LogP contribution is -2.45. The van der Waals surface area contributed by atoms with Crippen LogP contribution in [0.25, 0.3) is 0 Å². The van der Waals surface area contributed by atoms with E-state index in [9.17, 15) is 9.59 Å². The van der Waals surface area contributed by atoms with Gasteiger partial charge in [0.25, 0.3) is 0 Å². The van der Waals surface area contributed by atoms with Gasteiger partial charge in [0.1, 0.15) is 5.75 Å². The van der Waals surface area contributed by atoms with Crippen molar-refractivity contribution in [3.63, 3.8) is 0 Å². The number of carbonyl (C=O) groups is 2. The first-order valence-electron chi connectivity index (χ1n) is 12.0. The zero-order valence-corrected chi connectivity index (χ0v) is 19.2. The summed E-state index contributed by atoms with van der Waals surface area (Å²) in [4.78, 5) is 27.5. The molecule has 2 atom stereocenters. The van der Waals surface area contributed by atoms with Crippen molar-refractivity contribution >= 4 is 11.7 Å². The minimum Gasteiger partial charge on any atom is -0.496 e. The van der Waals surface area contributed by atoms with Crippen LogP contribution in [-0.4, -0.2) is 55.0 Å². The van der Waals surface area contributed by atoms with Gasteiger partial charge in [-0.15, -0.1) is 0 Å². The van der Waals surface area contributed by atoms with Crippen molar-refractivity contribution < 1.29 is 19.1 Å². The molecule has 3 aliphatic rings. The first-order valence-corrected chi connectivity index (χ1v) is 12.0. The third-order valence-electron chi connectivity index (χ3n) is 7.54. The highest BCUT2D eigenvalue weighted by molar-refractivity contribution is 6.06. The zero-order chi connectivity index (χ0) is 22.8. The van der Waals surface area contributed by atoms with Gasteiger partial charge in [-0.3, -0.25) is 14.5 Å². The number of ketones is 1. The van der Waals surface area contributed by atoms with E-state index < -0.39 is 0 Å².